The van der Waals surface area contributed by atoms with Crippen molar-refractivity contribution in [3.63, 3.8) is 0 Å². The van der Waals surface area contributed by atoms with Crippen LogP contribution in [0.2, 0.25) is 0 Å². The number of hydrogen-bond donors (Lipinski definition) is 1. The molecule has 0 aliphatic rings. The highest BCUT2D eigenvalue weighted by atomic mass is 32.2. The van der Waals surface area contributed by atoms with Gasteiger partial charge in [-0.25, -0.2) is 13.8 Å². The first-order chi connectivity index (χ1) is 11.8. The number of furan rings is 1. The predicted molar refractivity (Wildman–Crippen MR) is 97.2 cm³/mol. The van der Waals surface area contributed by atoms with Crippen LogP contribution >= 0.6 is 0 Å². The van der Waals surface area contributed by atoms with E-state index in [0.717, 1.165) is 16.1 Å². The Hall–Kier alpha value is -2.61. The molecule has 0 aliphatic carbocycles. The molecule has 1 N–H and O–H groups in total. The van der Waals surface area contributed by atoms with Gasteiger partial charge >= 0.3 is 0 Å². The van der Waals surface area contributed by atoms with Crippen LogP contribution in [0.15, 0.2) is 52.2 Å². The first-order valence-corrected chi connectivity index (χ1v) is 9.55. The second kappa shape index (κ2) is 7.98. The van der Waals surface area contributed by atoms with Crippen molar-refractivity contribution in [1.82, 2.24) is 5.43 Å². The largest absolute Gasteiger partial charge is 0.463 e. The molecule has 0 fully saturated rings. The van der Waals surface area contributed by atoms with Crippen molar-refractivity contribution in [1.29, 1.82) is 0 Å². The Bertz CT molecular complexity index is 825. The van der Waals surface area contributed by atoms with Gasteiger partial charge in [-0.3, -0.25) is 9.10 Å². The Balaban J connectivity index is 2.08. The number of hydrogen-bond acceptors (Lipinski definition) is 5. The zero-order valence-corrected chi connectivity index (χ0v) is 15.2. The van der Waals surface area contributed by atoms with Crippen LogP contribution in [0.4, 0.5) is 5.69 Å². The summed E-state index contributed by atoms with van der Waals surface area (Å²) in [6.07, 6.45) is 3.87. The number of amides is 1. The number of anilines is 1. The summed E-state index contributed by atoms with van der Waals surface area (Å²) in [5, 5.41) is 3.74. The quantitative estimate of drug-likeness (QED) is 0.603. The van der Waals surface area contributed by atoms with E-state index in [-0.39, 0.29) is 6.54 Å². The molecule has 0 unspecified atom stereocenters. The molecule has 25 heavy (non-hydrogen) atoms. The number of nitrogens with zero attached hydrogens (tertiary/aromatic N) is 2. The van der Waals surface area contributed by atoms with Crippen LogP contribution in [-0.2, 0) is 14.8 Å². The predicted octanol–water partition coefficient (Wildman–Crippen LogP) is 2.32. The minimum absolute atomic E-state index is 0.333. The van der Waals surface area contributed by atoms with Crippen LogP contribution in [0, 0.1) is 0 Å². The van der Waals surface area contributed by atoms with Crippen molar-refractivity contribution in [2.45, 2.75) is 19.8 Å². The average Bonchev–Trinajstić information content (AvgIpc) is 3.05. The average molecular weight is 363 g/mol. The molecule has 0 saturated heterocycles. The summed E-state index contributed by atoms with van der Waals surface area (Å²) >= 11 is 0. The van der Waals surface area contributed by atoms with E-state index in [4.69, 9.17) is 4.42 Å². The summed E-state index contributed by atoms with van der Waals surface area (Å²) in [6.45, 7) is 3.73. The molecule has 0 atom stereocenters. The number of benzene rings is 1. The maximum atomic E-state index is 12.0. The first-order valence-electron chi connectivity index (χ1n) is 7.70. The van der Waals surface area contributed by atoms with E-state index in [1.165, 1.54) is 12.5 Å². The van der Waals surface area contributed by atoms with Gasteiger partial charge in [0.1, 0.15) is 12.3 Å². The summed E-state index contributed by atoms with van der Waals surface area (Å²) in [5.74, 6) is 0.255. The topological polar surface area (TPSA) is 92.0 Å². The van der Waals surface area contributed by atoms with Crippen molar-refractivity contribution in [2.75, 3.05) is 17.1 Å². The lowest BCUT2D eigenvalue weighted by Crippen LogP contribution is -2.39. The summed E-state index contributed by atoms with van der Waals surface area (Å²) in [4.78, 5) is 12.0. The normalized spacial score (nSPS) is 11.8. The molecule has 2 aromatic rings. The minimum Gasteiger partial charge on any atom is -0.463 e. The van der Waals surface area contributed by atoms with Gasteiger partial charge in [-0.05, 0) is 35.7 Å². The molecule has 1 amide bonds. The highest BCUT2D eigenvalue weighted by molar-refractivity contribution is 7.92. The highest BCUT2D eigenvalue weighted by Gasteiger charge is 2.20. The molecular weight excluding hydrogens is 342 g/mol. The van der Waals surface area contributed by atoms with Crippen LogP contribution in [0.3, 0.4) is 0 Å². The zero-order valence-electron chi connectivity index (χ0n) is 14.3. The van der Waals surface area contributed by atoms with Gasteiger partial charge in [0.25, 0.3) is 5.91 Å². The number of carbonyl (C=O) groups excluding carboxylic acids is 1. The van der Waals surface area contributed by atoms with E-state index in [1.54, 1.807) is 24.3 Å². The Kier molecular flexibility index (Phi) is 5.97. The molecule has 134 valence electrons. The highest BCUT2D eigenvalue weighted by Crippen LogP contribution is 2.21. The van der Waals surface area contributed by atoms with Gasteiger partial charge < -0.3 is 4.42 Å². The molecule has 2 rings (SSSR count). The lowest BCUT2D eigenvalue weighted by atomic mass is 10.0. The third-order valence-corrected chi connectivity index (χ3v) is 4.60. The first kappa shape index (κ1) is 18.7. The van der Waals surface area contributed by atoms with Gasteiger partial charge in [-0.1, -0.05) is 26.0 Å². The Morgan fingerprint density at radius 1 is 1.28 bits per heavy atom. The van der Waals surface area contributed by atoms with Crippen LogP contribution in [0.1, 0.15) is 31.1 Å². The molecule has 0 spiro atoms. The van der Waals surface area contributed by atoms with Crippen molar-refractivity contribution in [2.24, 2.45) is 5.10 Å². The molecule has 0 bridgehead atoms. The van der Waals surface area contributed by atoms with Gasteiger partial charge in [0, 0.05) is 0 Å². The van der Waals surface area contributed by atoms with Crippen molar-refractivity contribution in [3.8, 4) is 0 Å². The molecule has 7 nitrogen and oxygen atoms in total. The van der Waals surface area contributed by atoms with Crippen LogP contribution in [-0.4, -0.2) is 33.3 Å². The monoisotopic (exact) mass is 363 g/mol. The SMILES string of the molecule is CC(C)c1ccc(N(CC(=O)N/N=C\c2ccco2)S(C)(=O)=O)cc1. The van der Waals surface area contributed by atoms with Gasteiger partial charge in [-0.2, -0.15) is 5.10 Å². The smallest absolute Gasteiger partial charge is 0.260 e. The molecule has 1 aromatic carbocycles. The van der Waals surface area contributed by atoms with E-state index in [0.29, 0.717) is 17.4 Å². The molecule has 1 heterocycles. The fraction of sp³-hybridized carbons (Fsp3) is 0.294. The fourth-order valence-corrected chi connectivity index (χ4v) is 2.98. The number of hydrazone groups is 1. The maximum Gasteiger partial charge on any atom is 0.260 e. The number of sulfonamides is 1. The molecule has 0 aliphatic heterocycles. The van der Waals surface area contributed by atoms with E-state index in [9.17, 15) is 13.2 Å². The number of carbonyl (C=O) groups is 1. The minimum atomic E-state index is -3.61. The third-order valence-electron chi connectivity index (χ3n) is 3.46. The summed E-state index contributed by atoms with van der Waals surface area (Å²) in [6, 6.07) is 10.5. The van der Waals surface area contributed by atoms with Crippen LogP contribution in [0.25, 0.3) is 0 Å². The van der Waals surface area contributed by atoms with Crippen LogP contribution in [0.5, 0.6) is 0 Å². The zero-order chi connectivity index (χ0) is 18.4. The van der Waals surface area contributed by atoms with Gasteiger partial charge in [0.15, 0.2) is 0 Å². The lowest BCUT2D eigenvalue weighted by Gasteiger charge is -2.21. The van der Waals surface area contributed by atoms with Gasteiger partial charge in [0.05, 0.1) is 24.4 Å². The molecule has 0 radical (unpaired) electrons. The molecule has 8 heteroatoms. The van der Waals surface area contributed by atoms with E-state index in [2.05, 4.69) is 10.5 Å². The van der Waals surface area contributed by atoms with Crippen molar-refractivity contribution >= 4 is 27.8 Å². The maximum absolute atomic E-state index is 12.0. The number of nitrogens with one attached hydrogen (secondary N) is 1. The Morgan fingerprint density at radius 2 is 1.96 bits per heavy atom. The summed E-state index contributed by atoms with van der Waals surface area (Å²) in [5.41, 5.74) is 3.80. The second-order valence-corrected chi connectivity index (χ2v) is 7.73. The van der Waals surface area contributed by atoms with Crippen molar-refractivity contribution in [3.05, 3.63) is 54.0 Å². The standard InChI is InChI=1S/C17H21N3O4S/c1-13(2)14-6-8-15(9-7-14)20(25(3,22)23)12-17(21)19-18-11-16-5-4-10-24-16/h4-11,13H,12H2,1-3H3,(H,19,21)/b18-11-. The third kappa shape index (κ3) is 5.46. The number of rotatable bonds is 7. The van der Waals surface area contributed by atoms with E-state index in [1.807, 2.05) is 26.0 Å². The van der Waals surface area contributed by atoms with E-state index >= 15 is 0 Å². The molecular formula is C17H21N3O4S. The fourth-order valence-electron chi connectivity index (χ4n) is 2.12. The molecule has 0 saturated carbocycles. The summed E-state index contributed by atoms with van der Waals surface area (Å²) in [7, 11) is -3.61. The second-order valence-electron chi connectivity index (χ2n) is 5.82. The Morgan fingerprint density at radius 3 is 2.48 bits per heavy atom. The summed E-state index contributed by atoms with van der Waals surface area (Å²) < 4.78 is 30.2. The van der Waals surface area contributed by atoms with Crippen LogP contribution < -0.4 is 9.73 Å². The Labute approximate surface area is 147 Å². The molecule has 1 aromatic heterocycles. The van der Waals surface area contributed by atoms with Gasteiger partial charge in [-0.15, -0.1) is 0 Å². The van der Waals surface area contributed by atoms with E-state index < -0.39 is 15.9 Å². The van der Waals surface area contributed by atoms with Gasteiger partial charge in [0.2, 0.25) is 10.0 Å². The lowest BCUT2D eigenvalue weighted by molar-refractivity contribution is -0.119. The van der Waals surface area contributed by atoms with Crippen molar-refractivity contribution < 1.29 is 17.6 Å².